The Morgan fingerprint density at radius 1 is 0.760 bits per heavy atom. The maximum atomic E-state index is 13.9. The number of fused-ring (bicyclic) bond motifs is 1. The second-order valence-corrected chi connectivity index (χ2v) is 17.9. The van der Waals surface area contributed by atoms with Crippen LogP contribution in [0.15, 0.2) is 65.6 Å². The molecule has 0 radical (unpaired) electrons. The van der Waals surface area contributed by atoms with E-state index < -0.39 is 10.0 Å². The first-order valence-electron chi connectivity index (χ1n) is 18.8. The molecular formula is C40H51N5O4S. The molecule has 6 aliphatic rings. The second-order valence-electron chi connectivity index (χ2n) is 16.2. The molecule has 0 unspecified atom stereocenters. The highest BCUT2D eigenvalue weighted by Crippen LogP contribution is 2.61. The zero-order valence-corrected chi connectivity index (χ0v) is 30.3. The van der Waals surface area contributed by atoms with Gasteiger partial charge in [-0.25, -0.2) is 8.42 Å². The number of amides is 2. The Kier molecular flexibility index (Phi) is 8.82. The number of anilines is 2. The van der Waals surface area contributed by atoms with Crippen LogP contribution in [0.25, 0.3) is 10.8 Å². The first-order valence-corrected chi connectivity index (χ1v) is 20.2. The van der Waals surface area contributed by atoms with Crippen LogP contribution in [-0.4, -0.2) is 93.3 Å². The summed E-state index contributed by atoms with van der Waals surface area (Å²) in [6, 6.07) is 18.7. The lowest BCUT2D eigenvalue weighted by atomic mass is 9.49. The van der Waals surface area contributed by atoms with Crippen molar-refractivity contribution < 1.29 is 18.0 Å². The number of benzene rings is 3. The van der Waals surface area contributed by atoms with E-state index in [4.69, 9.17) is 0 Å². The lowest BCUT2D eigenvalue weighted by Gasteiger charge is -2.57. The largest absolute Gasteiger partial charge is 0.367 e. The summed E-state index contributed by atoms with van der Waals surface area (Å²) in [5.74, 6) is 2.58. The van der Waals surface area contributed by atoms with Crippen LogP contribution in [0, 0.1) is 23.2 Å². The molecule has 2 saturated heterocycles. The number of nitrogens with one attached hydrogen (secondary N) is 1. The Morgan fingerprint density at radius 2 is 1.38 bits per heavy atom. The van der Waals surface area contributed by atoms with Crippen LogP contribution in [0.2, 0.25) is 0 Å². The average molecular weight is 698 g/mol. The highest BCUT2D eigenvalue weighted by atomic mass is 32.2. The van der Waals surface area contributed by atoms with Gasteiger partial charge in [0.1, 0.15) is 0 Å². The Bertz CT molecular complexity index is 1840. The third-order valence-electron chi connectivity index (χ3n) is 12.5. The van der Waals surface area contributed by atoms with Crippen LogP contribution in [0.5, 0.6) is 0 Å². The Morgan fingerprint density at radius 3 is 2.02 bits per heavy atom. The second kappa shape index (κ2) is 13.2. The lowest BCUT2D eigenvalue weighted by molar-refractivity contribution is -0.141. The van der Waals surface area contributed by atoms with Gasteiger partial charge in [-0.3, -0.25) is 19.2 Å². The van der Waals surface area contributed by atoms with Crippen molar-refractivity contribution in [3.8, 4) is 0 Å². The molecule has 2 heterocycles. The van der Waals surface area contributed by atoms with Crippen LogP contribution in [0.3, 0.4) is 0 Å². The fourth-order valence-electron chi connectivity index (χ4n) is 10.3. The van der Waals surface area contributed by atoms with Gasteiger partial charge in [0.05, 0.1) is 16.3 Å². The Balaban J connectivity index is 0.981. The van der Waals surface area contributed by atoms with Crippen LogP contribution in [-0.2, 0) is 14.8 Å². The van der Waals surface area contributed by atoms with Gasteiger partial charge >= 0.3 is 0 Å². The topological polar surface area (TPSA) is 93.3 Å². The summed E-state index contributed by atoms with van der Waals surface area (Å²) in [5.41, 5.74) is 1.83. The fraction of sp³-hybridized carbons (Fsp3) is 0.550. The molecular weight excluding hydrogens is 647 g/mol. The van der Waals surface area contributed by atoms with E-state index in [1.807, 2.05) is 52.3 Å². The lowest BCUT2D eigenvalue weighted by Crippen LogP contribution is -2.53. The van der Waals surface area contributed by atoms with Gasteiger partial charge in [-0.15, -0.1) is 0 Å². The average Bonchev–Trinajstić information content (AvgIpc) is 3.10. The monoisotopic (exact) mass is 697 g/mol. The number of carbonyl (C=O) groups excluding carboxylic acids is 2. The number of sulfonamides is 1. The molecule has 10 heteroatoms. The van der Waals surface area contributed by atoms with Crippen LogP contribution in [0.4, 0.5) is 11.4 Å². The van der Waals surface area contributed by atoms with E-state index in [1.165, 1.54) is 38.5 Å². The highest BCUT2D eigenvalue weighted by Gasteiger charge is 2.51. The number of hydrogen-bond donors (Lipinski definition) is 1. The Labute approximate surface area is 297 Å². The first-order chi connectivity index (χ1) is 24.0. The molecule has 2 amide bonds. The van der Waals surface area contributed by atoms with Gasteiger partial charge in [-0.05, 0) is 117 Å². The van der Waals surface area contributed by atoms with Crippen LogP contribution >= 0.6 is 0 Å². The van der Waals surface area contributed by atoms with Crippen molar-refractivity contribution >= 4 is 44.0 Å². The van der Waals surface area contributed by atoms with Crippen molar-refractivity contribution in [3.05, 3.63) is 66.2 Å². The normalized spacial score (nSPS) is 26.9. The SMILES string of the molecule is CC(C)N1CCN(c2ccc(C(=O)N3CCN(C(=O)CC45CC6CC(CC(C6)C4)C5)CC3)cc2NS(=O)(=O)c2ccc3ccccc3c2)CC1. The molecule has 4 aliphatic carbocycles. The van der Waals surface area contributed by atoms with E-state index in [0.29, 0.717) is 49.9 Å². The third-order valence-corrected chi connectivity index (χ3v) is 13.9. The van der Waals surface area contributed by atoms with Crippen LogP contribution in [0.1, 0.15) is 69.2 Å². The van der Waals surface area contributed by atoms with Crippen LogP contribution < -0.4 is 9.62 Å². The van der Waals surface area contributed by atoms with Gasteiger partial charge in [0.15, 0.2) is 0 Å². The smallest absolute Gasteiger partial charge is 0.261 e. The molecule has 4 saturated carbocycles. The Hall–Kier alpha value is -3.63. The summed E-state index contributed by atoms with van der Waals surface area (Å²) in [6.07, 6.45) is 8.44. The molecule has 1 N–H and O–H groups in total. The maximum Gasteiger partial charge on any atom is 0.261 e. The van der Waals surface area contributed by atoms with Crippen molar-refractivity contribution in [3.63, 3.8) is 0 Å². The van der Waals surface area contributed by atoms with E-state index in [-0.39, 0.29) is 22.1 Å². The molecule has 0 atom stereocenters. The van der Waals surface area contributed by atoms with E-state index >= 15 is 0 Å². The van der Waals surface area contributed by atoms with E-state index in [1.54, 1.807) is 18.2 Å². The molecule has 50 heavy (non-hydrogen) atoms. The maximum absolute atomic E-state index is 13.9. The highest BCUT2D eigenvalue weighted by molar-refractivity contribution is 7.92. The molecule has 6 fully saturated rings. The number of nitrogens with zero attached hydrogens (tertiary/aromatic N) is 4. The van der Waals surface area contributed by atoms with E-state index in [0.717, 1.165) is 60.4 Å². The van der Waals surface area contributed by atoms with Gasteiger partial charge in [-0.2, -0.15) is 0 Å². The van der Waals surface area contributed by atoms with Crippen molar-refractivity contribution in [2.75, 3.05) is 62.0 Å². The molecule has 9 nitrogen and oxygen atoms in total. The first kappa shape index (κ1) is 33.5. The number of rotatable bonds is 8. The van der Waals surface area contributed by atoms with Crippen molar-refractivity contribution in [2.45, 2.75) is 69.7 Å². The minimum atomic E-state index is -3.95. The van der Waals surface area contributed by atoms with Gasteiger partial charge in [0, 0.05) is 70.4 Å². The van der Waals surface area contributed by atoms with Gasteiger partial charge in [0.25, 0.3) is 15.9 Å². The standard InChI is InChI=1S/C40H51N5O4S/c1-28(2)42-11-13-43(14-12-42)37-10-8-34(23-36(37)41-50(48,49)35-9-7-32-5-3-4-6-33(32)22-35)39(47)45-17-15-44(16-18-45)38(46)27-40-24-29-19-30(25-40)21-31(20-29)26-40/h3-10,22-23,28-31,41H,11-21,24-27H2,1-2H3. The number of hydrogen-bond acceptors (Lipinski definition) is 6. The molecule has 266 valence electrons. The van der Waals surface area contributed by atoms with Gasteiger partial charge < -0.3 is 14.7 Å². The molecule has 9 rings (SSSR count). The molecule has 2 aliphatic heterocycles. The summed E-state index contributed by atoms with van der Waals surface area (Å²) in [7, 11) is -3.95. The van der Waals surface area contributed by atoms with Crippen molar-refractivity contribution in [2.24, 2.45) is 23.2 Å². The minimum absolute atomic E-state index is 0.138. The zero-order chi connectivity index (χ0) is 34.6. The molecule has 3 aromatic rings. The fourth-order valence-corrected chi connectivity index (χ4v) is 11.4. The number of carbonyl (C=O) groups is 2. The zero-order valence-electron chi connectivity index (χ0n) is 29.5. The van der Waals surface area contributed by atoms with Crippen molar-refractivity contribution in [1.82, 2.24) is 14.7 Å². The summed E-state index contributed by atoms with van der Waals surface area (Å²) >= 11 is 0. The quantitative estimate of drug-likeness (QED) is 0.308. The minimum Gasteiger partial charge on any atom is -0.367 e. The summed E-state index contributed by atoms with van der Waals surface area (Å²) in [5, 5.41) is 1.82. The molecule has 0 aromatic heterocycles. The summed E-state index contributed by atoms with van der Waals surface area (Å²) in [4.78, 5) is 36.1. The summed E-state index contributed by atoms with van der Waals surface area (Å²) < 4.78 is 30.6. The molecule has 3 aromatic carbocycles. The predicted molar refractivity (Wildman–Crippen MR) is 198 cm³/mol. The van der Waals surface area contributed by atoms with E-state index in [9.17, 15) is 18.0 Å². The molecule has 4 bridgehead atoms. The number of piperazine rings is 2. The van der Waals surface area contributed by atoms with Crippen molar-refractivity contribution in [1.29, 1.82) is 0 Å². The summed E-state index contributed by atoms with van der Waals surface area (Å²) in [6.45, 7) is 9.68. The molecule has 0 spiro atoms. The van der Waals surface area contributed by atoms with E-state index in [2.05, 4.69) is 28.4 Å². The predicted octanol–water partition coefficient (Wildman–Crippen LogP) is 6.06. The van der Waals surface area contributed by atoms with Gasteiger partial charge in [-0.1, -0.05) is 30.3 Å². The third kappa shape index (κ3) is 6.61. The van der Waals surface area contributed by atoms with Gasteiger partial charge in [0.2, 0.25) is 5.91 Å².